The Labute approximate surface area is 576 Å². The molecule has 2 aromatic rings. The fraction of sp³-hybridized carbons (Fsp3) is 0.548. The zero-order valence-electron chi connectivity index (χ0n) is 55.0. The summed E-state index contributed by atoms with van der Waals surface area (Å²) < 4.78 is 173. The molecule has 0 radical (unpaired) electrons. The highest BCUT2D eigenvalue weighted by Gasteiger charge is 2.45. The first-order valence-electron chi connectivity index (χ1n) is 32.1. The van der Waals surface area contributed by atoms with Crippen molar-refractivity contribution in [1.29, 1.82) is 0 Å². The Bertz CT molecular complexity index is 4070. The SMILES string of the molecule is CC12CCCCCC(=O)NC(CS(=O)(=O)O)C(=O)NC(CS(=O)(=O)O)C(=O)NC(CS(=O)(=O)O)C(=O)NCCCCCNC(=O)CCCCCN3c4ccc(S(=O)(=O)O)cc4C(C)(C)C3/C=C/C=C/C=C/1N(CCCCCC(=O)NCCN1C(=O)C=CC1=O)c1ccc(S(=O)(=O)O)cc12. The van der Waals surface area contributed by atoms with E-state index in [0.29, 0.717) is 87.0 Å². The molecule has 0 fully saturated rings. The van der Waals surface area contributed by atoms with Crippen molar-refractivity contribution in [3.05, 3.63) is 95.8 Å². The number of nitrogens with one attached hydrogen (secondary N) is 6. The summed E-state index contributed by atoms with van der Waals surface area (Å²) in [6, 6.07) is 1.33. The average molecular weight is 1490 g/mol. The molecule has 0 aliphatic carbocycles. The molecule has 8 amide bonds. The van der Waals surface area contributed by atoms with E-state index >= 15 is 0 Å². The Hall–Kier alpha value is -7.49. The predicted molar refractivity (Wildman–Crippen MR) is 362 cm³/mol. The molecule has 4 aliphatic heterocycles. The highest BCUT2D eigenvalue weighted by Crippen LogP contribution is 2.52. The van der Waals surface area contributed by atoms with Crippen LogP contribution in [0.3, 0.4) is 0 Å². The number of fused-ring (bicyclic) bond motifs is 6. The highest BCUT2D eigenvalue weighted by molar-refractivity contribution is 7.86. The predicted octanol–water partition coefficient (Wildman–Crippen LogP) is 2.07. The minimum Gasteiger partial charge on any atom is -0.364 e. The van der Waals surface area contributed by atoms with Crippen molar-refractivity contribution < 1.29 is 103 Å². The van der Waals surface area contributed by atoms with E-state index in [0.717, 1.165) is 22.7 Å². The van der Waals surface area contributed by atoms with Crippen LogP contribution in [0.5, 0.6) is 0 Å². The normalized spacial score (nSPS) is 24.1. The molecule has 0 bridgehead atoms. The van der Waals surface area contributed by atoms with Gasteiger partial charge in [0.25, 0.3) is 62.4 Å². The van der Waals surface area contributed by atoms with Gasteiger partial charge < -0.3 is 41.7 Å². The molecule has 5 atom stereocenters. The minimum atomic E-state index is -5.25. The third-order valence-corrected chi connectivity index (χ3v) is 21.3. The maximum Gasteiger partial charge on any atom is 0.294 e. The quantitative estimate of drug-likeness (QED) is 0.0613. The molecule has 0 saturated heterocycles. The summed E-state index contributed by atoms with van der Waals surface area (Å²) in [6.07, 6.45) is 16.3. The lowest BCUT2D eigenvalue weighted by Gasteiger charge is -2.32. The van der Waals surface area contributed by atoms with Gasteiger partial charge in [-0.15, -0.1) is 0 Å². The van der Waals surface area contributed by atoms with Gasteiger partial charge in [0.15, 0.2) is 0 Å². The number of hydrogen-bond donors (Lipinski definition) is 11. The number of nitrogens with zero attached hydrogens (tertiary/aromatic N) is 3. The number of hydrogen-bond acceptors (Lipinski definition) is 20. The average Bonchev–Trinajstić information content (AvgIpc) is 1.57. The van der Waals surface area contributed by atoms with E-state index in [9.17, 15) is 103 Å². The Morgan fingerprint density at radius 1 is 0.545 bits per heavy atom. The highest BCUT2D eigenvalue weighted by atomic mass is 32.2. The van der Waals surface area contributed by atoms with E-state index in [1.54, 1.807) is 24.3 Å². The van der Waals surface area contributed by atoms with E-state index in [1.807, 2.05) is 54.5 Å². The van der Waals surface area contributed by atoms with E-state index in [-0.39, 0.29) is 93.9 Å². The molecule has 37 heteroatoms. The van der Waals surface area contributed by atoms with Crippen LogP contribution in [0.15, 0.2) is 94.4 Å². The summed E-state index contributed by atoms with van der Waals surface area (Å²) in [6.45, 7) is 6.66. The van der Waals surface area contributed by atoms with Crippen molar-refractivity contribution in [1.82, 2.24) is 36.8 Å². The molecule has 99 heavy (non-hydrogen) atoms. The van der Waals surface area contributed by atoms with Crippen molar-refractivity contribution in [3.63, 3.8) is 0 Å². The number of rotatable bonds is 17. The number of imide groups is 1. The molecule has 0 spiro atoms. The Kier molecular flexibility index (Phi) is 28.2. The van der Waals surface area contributed by atoms with Gasteiger partial charge in [-0.2, -0.15) is 42.1 Å². The molecular formula is C62H87N9O23S5. The third kappa shape index (κ3) is 24.1. The van der Waals surface area contributed by atoms with E-state index in [2.05, 4.69) is 26.2 Å². The van der Waals surface area contributed by atoms with Crippen LogP contribution >= 0.6 is 0 Å². The van der Waals surface area contributed by atoms with Crippen molar-refractivity contribution in [2.24, 2.45) is 0 Å². The summed E-state index contributed by atoms with van der Waals surface area (Å²) in [7, 11) is -24.9. The monoisotopic (exact) mass is 1490 g/mol. The van der Waals surface area contributed by atoms with Gasteiger partial charge in [-0.25, -0.2) is 0 Å². The molecule has 0 saturated carbocycles. The standard InChI is InChI=1S/C62H87N9O23S5/c1-61(2)44-37-42(98(89,90)91)24-26-49(44)69-34-17-6-12-21-53(72)63-31-15-8-16-32-65-58(77)46(39-95(80,81)82)67-60(79)48(41-97(86,87)88)68-59(78)47(40-96(83,84)85)66-55(74)23-11-5-14-30-62(3)45-38-43(99(92,93)94)25-27-50(45)70(52(62)20-10-4-9-19-51(61)69)35-18-7-13-22-54(73)64-33-36-71-56(75)28-29-57(71)76/h4,9-10,19-20,24-29,37-38,46-48,51H,5-8,11-18,21-23,30-36,39-41H2,1-3H3,(H,63,72)(H,64,73)(H,65,77)(H,66,74)(H,67,79)(H,68,78)(H,80,81,82)(H,83,84,85)(H,86,87,88)(H,89,90,91)(H,92,93,94)/b10-4+,19-9+,52-20-. The number of carbonyl (C=O) groups excluding carboxylic acids is 8. The second kappa shape index (κ2) is 34.7. The molecule has 2 aromatic carbocycles. The molecule has 4 heterocycles. The van der Waals surface area contributed by atoms with Gasteiger partial charge in [-0.05, 0) is 118 Å². The first-order chi connectivity index (χ1) is 46.2. The van der Waals surface area contributed by atoms with Crippen LogP contribution in [0.4, 0.5) is 11.4 Å². The summed E-state index contributed by atoms with van der Waals surface area (Å²) in [4.78, 5) is 108. The van der Waals surface area contributed by atoms with Gasteiger partial charge >= 0.3 is 0 Å². The molecular weight excluding hydrogens is 1400 g/mol. The fourth-order valence-electron chi connectivity index (χ4n) is 12.4. The molecule has 548 valence electrons. The van der Waals surface area contributed by atoms with Crippen LogP contribution < -0.4 is 41.7 Å². The lowest BCUT2D eigenvalue weighted by molar-refractivity contribution is -0.137. The Morgan fingerprint density at radius 2 is 1.07 bits per heavy atom. The van der Waals surface area contributed by atoms with Gasteiger partial charge in [0.1, 0.15) is 35.4 Å². The molecule has 32 nitrogen and oxygen atoms in total. The number of amides is 8. The fourth-order valence-corrected chi connectivity index (χ4v) is 15.3. The molecule has 0 aromatic heterocycles. The van der Waals surface area contributed by atoms with Crippen LogP contribution in [0.2, 0.25) is 0 Å². The Morgan fingerprint density at radius 3 is 1.66 bits per heavy atom. The van der Waals surface area contributed by atoms with Crippen LogP contribution in [0, 0.1) is 0 Å². The minimum absolute atomic E-state index is 0.0101. The van der Waals surface area contributed by atoms with Gasteiger partial charge in [0.05, 0.1) is 15.8 Å². The van der Waals surface area contributed by atoms with Crippen molar-refractivity contribution in [2.45, 2.75) is 168 Å². The van der Waals surface area contributed by atoms with Crippen LogP contribution in [-0.4, -0.2) is 198 Å². The molecule has 6 rings (SSSR count). The molecule has 11 N–H and O–H groups in total. The summed E-state index contributed by atoms with van der Waals surface area (Å²) in [5.74, 6) is -11.7. The van der Waals surface area contributed by atoms with Crippen LogP contribution in [-0.2, 0) is 99.8 Å². The van der Waals surface area contributed by atoms with Crippen molar-refractivity contribution in [2.75, 3.05) is 66.3 Å². The van der Waals surface area contributed by atoms with E-state index in [4.69, 9.17) is 0 Å². The van der Waals surface area contributed by atoms with Crippen LogP contribution in [0.1, 0.15) is 135 Å². The number of benzene rings is 2. The maximum atomic E-state index is 13.7. The topological polar surface area (TPSA) is 490 Å². The lowest BCUT2D eigenvalue weighted by Crippen LogP contribution is -2.60. The zero-order valence-corrected chi connectivity index (χ0v) is 59.0. The van der Waals surface area contributed by atoms with E-state index < -0.39 is 144 Å². The first-order valence-corrected chi connectivity index (χ1v) is 39.8. The second-order valence-corrected chi connectivity index (χ2v) is 32.7. The van der Waals surface area contributed by atoms with Gasteiger partial charge in [-0.1, -0.05) is 63.8 Å². The molecule has 5 unspecified atom stereocenters. The van der Waals surface area contributed by atoms with Crippen molar-refractivity contribution >= 4 is 109 Å². The maximum absolute atomic E-state index is 13.7. The summed E-state index contributed by atoms with van der Waals surface area (Å²) in [5.41, 5.74) is 1.30. The number of anilines is 2. The second-order valence-electron chi connectivity index (χ2n) is 25.4. The van der Waals surface area contributed by atoms with Gasteiger partial charge in [0.2, 0.25) is 35.4 Å². The smallest absolute Gasteiger partial charge is 0.294 e. The van der Waals surface area contributed by atoms with Crippen molar-refractivity contribution in [3.8, 4) is 0 Å². The van der Waals surface area contributed by atoms with Gasteiger partial charge in [0, 0.05) is 98.6 Å². The number of unbranched alkanes of at least 4 members (excludes halogenated alkanes) is 2. The third-order valence-electron chi connectivity index (χ3n) is 17.4. The largest absolute Gasteiger partial charge is 0.364 e. The summed E-state index contributed by atoms with van der Waals surface area (Å²) >= 11 is 0. The zero-order chi connectivity index (χ0) is 73.3. The Balaban J connectivity index is 1.31. The number of allylic oxidation sites excluding steroid dienone is 5. The first kappa shape index (κ1) is 80.5. The van der Waals surface area contributed by atoms with E-state index in [1.165, 1.54) is 24.3 Å². The molecule has 4 aliphatic rings. The van der Waals surface area contributed by atoms with Gasteiger partial charge in [-0.3, -0.25) is 66.0 Å². The van der Waals surface area contributed by atoms with Crippen LogP contribution in [0.25, 0.3) is 0 Å². The lowest BCUT2D eigenvalue weighted by atomic mass is 9.77. The number of carbonyl (C=O) groups is 8. The summed E-state index contributed by atoms with van der Waals surface area (Å²) in [5, 5.41) is 13.8.